The van der Waals surface area contributed by atoms with E-state index in [1.807, 2.05) is 0 Å². The standard InChI is InChI=1S/C14H30N2O2/c1-5-15-14(11-17,13-6-7-13)10-16(4)8-9-18-12(2)3/h12-13,15,17H,5-11H2,1-4H3. The first-order valence-electron chi connectivity index (χ1n) is 7.20. The highest BCUT2D eigenvalue weighted by molar-refractivity contribution is 5.02. The first-order chi connectivity index (χ1) is 8.54. The van der Waals surface area contributed by atoms with Crippen LogP contribution in [0.3, 0.4) is 0 Å². The Bertz CT molecular complexity index is 232. The number of aliphatic hydroxyl groups is 1. The number of nitrogens with one attached hydrogen (secondary N) is 1. The first kappa shape index (κ1) is 15.9. The zero-order valence-corrected chi connectivity index (χ0v) is 12.4. The highest BCUT2D eigenvalue weighted by Gasteiger charge is 2.44. The minimum Gasteiger partial charge on any atom is -0.394 e. The third kappa shape index (κ3) is 4.84. The maximum atomic E-state index is 9.76. The van der Waals surface area contributed by atoms with Crippen molar-refractivity contribution >= 4 is 0 Å². The van der Waals surface area contributed by atoms with Gasteiger partial charge >= 0.3 is 0 Å². The van der Waals surface area contributed by atoms with Gasteiger partial charge in [0.2, 0.25) is 0 Å². The average molecular weight is 258 g/mol. The fourth-order valence-corrected chi connectivity index (χ4v) is 2.56. The van der Waals surface area contributed by atoms with Gasteiger partial charge in [0.15, 0.2) is 0 Å². The van der Waals surface area contributed by atoms with Crippen molar-refractivity contribution in [2.24, 2.45) is 5.92 Å². The summed E-state index contributed by atoms with van der Waals surface area (Å²) in [5, 5.41) is 13.3. The number of nitrogens with zero attached hydrogens (tertiary/aromatic N) is 1. The highest BCUT2D eigenvalue weighted by Crippen LogP contribution is 2.39. The molecule has 1 atom stereocenters. The molecule has 0 aliphatic heterocycles. The van der Waals surface area contributed by atoms with E-state index in [4.69, 9.17) is 4.74 Å². The second kappa shape index (κ2) is 7.43. The zero-order chi connectivity index (χ0) is 13.6. The molecule has 0 aromatic heterocycles. The van der Waals surface area contributed by atoms with Crippen LogP contribution < -0.4 is 5.32 Å². The van der Waals surface area contributed by atoms with Crippen LogP contribution in [0.5, 0.6) is 0 Å². The second-order valence-electron chi connectivity index (χ2n) is 5.78. The molecule has 2 N–H and O–H groups in total. The number of rotatable bonds is 10. The van der Waals surface area contributed by atoms with Crippen LogP contribution in [-0.2, 0) is 4.74 Å². The largest absolute Gasteiger partial charge is 0.394 e. The normalized spacial score (nSPS) is 19.5. The van der Waals surface area contributed by atoms with Crippen molar-refractivity contribution in [3.8, 4) is 0 Å². The lowest BCUT2D eigenvalue weighted by atomic mass is 9.93. The van der Waals surface area contributed by atoms with Gasteiger partial charge in [-0.1, -0.05) is 6.92 Å². The fourth-order valence-electron chi connectivity index (χ4n) is 2.56. The van der Waals surface area contributed by atoms with Crippen LogP contribution in [0.2, 0.25) is 0 Å². The molecule has 1 saturated carbocycles. The first-order valence-corrected chi connectivity index (χ1v) is 7.20. The summed E-state index contributed by atoms with van der Waals surface area (Å²) in [5.41, 5.74) is -0.110. The van der Waals surface area contributed by atoms with Gasteiger partial charge in [-0.15, -0.1) is 0 Å². The third-order valence-corrected chi connectivity index (χ3v) is 3.65. The smallest absolute Gasteiger partial charge is 0.0628 e. The summed E-state index contributed by atoms with van der Waals surface area (Å²) in [6.45, 7) is 9.92. The maximum Gasteiger partial charge on any atom is 0.0628 e. The third-order valence-electron chi connectivity index (χ3n) is 3.65. The van der Waals surface area contributed by atoms with Crippen LogP contribution in [0.1, 0.15) is 33.6 Å². The van der Waals surface area contributed by atoms with Crippen LogP contribution >= 0.6 is 0 Å². The van der Waals surface area contributed by atoms with E-state index in [1.165, 1.54) is 12.8 Å². The molecule has 4 nitrogen and oxygen atoms in total. The Labute approximate surface area is 112 Å². The fraction of sp³-hybridized carbons (Fsp3) is 1.00. The molecule has 0 aromatic rings. The Kier molecular flexibility index (Phi) is 6.57. The lowest BCUT2D eigenvalue weighted by molar-refractivity contribution is 0.0478. The Morgan fingerprint density at radius 3 is 2.56 bits per heavy atom. The van der Waals surface area contributed by atoms with E-state index in [1.54, 1.807) is 0 Å². The van der Waals surface area contributed by atoms with E-state index in [0.717, 1.165) is 26.2 Å². The Morgan fingerprint density at radius 1 is 1.44 bits per heavy atom. The summed E-state index contributed by atoms with van der Waals surface area (Å²) in [7, 11) is 2.10. The molecule has 0 amide bonds. The monoisotopic (exact) mass is 258 g/mol. The summed E-state index contributed by atoms with van der Waals surface area (Å²) in [6.07, 6.45) is 2.77. The van der Waals surface area contributed by atoms with Crippen molar-refractivity contribution in [2.75, 3.05) is 39.9 Å². The second-order valence-corrected chi connectivity index (χ2v) is 5.78. The van der Waals surface area contributed by atoms with Gasteiger partial charge in [0.05, 0.1) is 24.9 Å². The van der Waals surface area contributed by atoms with Crippen LogP contribution in [-0.4, -0.2) is 61.5 Å². The number of likely N-dealkylation sites (N-methyl/N-ethyl adjacent to an activating group) is 2. The van der Waals surface area contributed by atoms with Crippen LogP contribution in [0.4, 0.5) is 0 Å². The van der Waals surface area contributed by atoms with Gasteiger partial charge in [-0.3, -0.25) is 0 Å². The molecule has 108 valence electrons. The molecule has 1 rings (SSSR count). The van der Waals surface area contributed by atoms with Crippen molar-refractivity contribution in [2.45, 2.75) is 45.3 Å². The van der Waals surface area contributed by atoms with Crippen molar-refractivity contribution in [1.29, 1.82) is 0 Å². The van der Waals surface area contributed by atoms with Crippen LogP contribution in [0.15, 0.2) is 0 Å². The molecule has 1 unspecified atom stereocenters. The van der Waals surface area contributed by atoms with E-state index in [2.05, 4.69) is 38.0 Å². The molecule has 0 heterocycles. The zero-order valence-electron chi connectivity index (χ0n) is 12.4. The van der Waals surface area contributed by atoms with E-state index >= 15 is 0 Å². The molecule has 1 aliphatic carbocycles. The predicted molar refractivity (Wildman–Crippen MR) is 74.8 cm³/mol. The molecule has 0 spiro atoms. The maximum absolute atomic E-state index is 9.76. The molecular weight excluding hydrogens is 228 g/mol. The summed E-state index contributed by atoms with van der Waals surface area (Å²) >= 11 is 0. The molecule has 0 radical (unpaired) electrons. The van der Waals surface area contributed by atoms with Gasteiger partial charge in [-0.2, -0.15) is 0 Å². The Hall–Kier alpha value is -0.160. The molecule has 0 bridgehead atoms. The number of aliphatic hydroxyl groups excluding tert-OH is 1. The highest BCUT2D eigenvalue weighted by atomic mass is 16.5. The minimum atomic E-state index is -0.110. The van der Waals surface area contributed by atoms with E-state index in [9.17, 15) is 5.11 Å². The van der Waals surface area contributed by atoms with Crippen LogP contribution in [0.25, 0.3) is 0 Å². The Balaban J connectivity index is 2.39. The quantitative estimate of drug-likeness (QED) is 0.616. The van der Waals surface area contributed by atoms with E-state index in [0.29, 0.717) is 5.92 Å². The van der Waals surface area contributed by atoms with Crippen molar-refractivity contribution in [1.82, 2.24) is 10.2 Å². The van der Waals surface area contributed by atoms with Gasteiger partial charge in [0.25, 0.3) is 0 Å². The SMILES string of the molecule is CCNC(CO)(CN(C)CCOC(C)C)C1CC1. The van der Waals surface area contributed by atoms with Crippen molar-refractivity contribution in [3.05, 3.63) is 0 Å². The predicted octanol–water partition coefficient (Wildman–Crippen LogP) is 1.09. The summed E-state index contributed by atoms with van der Waals surface area (Å²) in [6, 6.07) is 0. The van der Waals surface area contributed by atoms with E-state index < -0.39 is 0 Å². The summed E-state index contributed by atoms with van der Waals surface area (Å²) in [4.78, 5) is 2.26. The molecule has 0 saturated heterocycles. The van der Waals surface area contributed by atoms with Gasteiger partial charge in [0, 0.05) is 13.1 Å². The van der Waals surface area contributed by atoms with Crippen molar-refractivity contribution in [3.63, 3.8) is 0 Å². The molecule has 0 aromatic carbocycles. The van der Waals surface area contributed by atoms with Gasteiger partial charge in [-0.25, -0.2) is 0 Å². The summed E-state index contributed by atoms with van der Waals surface area (Å²) in [5.74, 6) is 0.635. The number of hydrogen-bond donors (Lipinski definition) is 2. The number of ether oxygens (including phenoxy) is 1. The molecule has 1 fully saturated rings. The molecular formula is C14H30N2O2. The van der Waals surface area contributed by atoms with Crippen molar-refractivity contribution < 1.29 is 9.84 Å². The topological polar surface area (TPSA) is 44.7 Å². The van der Waals surface area contributed by atoms with Crippen LogP contribution in [0, 0.1) is 5.92 Å². The lowest BCUT2D eigenvalue weighted by Crippen LogP contribution is -2.57. The molecule has 18 heavy (non-hydrogen) atoms. The van der Waals surface area contributed by atoms with Gasteiger partial charge < -0.3 is 20.1 Å². The molecule has 1 aliphatic rings. The molecule has 4 heteroatoms. The van der Waals surface area contributed by atoms with Gasteiger partial charge in [-0.05, 0) is 46.2 Å². The minimum absolute atomic E-state index is 0.110. The lowest BCUT2D eigenvalue weighted by Gasteiger charge is -2.37. The number of hydrogen-bond acceptors (Lipinski definition) is 4. The summed E-state index contributed by atoms with van der Waals surface area (Å²) < 4.78 is 5.57. The average Bonchev–Trinajstić information content (AvgIpc) is 3.12. The van der Waals surface area contributed by atoms with Gasteiger partial charge in [0.1, 0.15) is 0 Å². The van der Waals surface area contributed by atoms with E-state index in [-0.39, 0.29) is 18.2 Å². The Morgan fingerprint density at radius 2 is 2.11 bits per heavy atom.